The monoisotopic (exact) mass is 690 g/mol. The molecule has 2 heterocycles. The van der Waals surface area contributed by atoms with Crippen LogP contribution in [0.15, 0.2) is 170 Å². The number of para-hydroxylation sites is 1. The number of rotatable bonds is 4. The fraction of sp³-hybridized carbons (Fsp3) is 0.0600. The third kappa shape index (κ3) is 4.40. The second-order valence-corrected chi connectivity index (χ2v) is 14.8. The minimum Gasteiger partial charge on any atom is -0.309 e. The fourth-order valence-corrected chi connectivity index (χ4v) is 9.06. The van der Waals surface area contributed by atoms with Crippen molar-refractivity contribution in [3.63, 3.8) is 0 Å². The van der Waals surface area contributed by atoms with Crippen LogP contribution in [0.3, 0.4) is 0 Å². The maximum Gasteiger partial charge on any atom is 0.164 e. The van der Waals surface area contributed by atoms with E-state index in [0.29, 0.717) is 17.5 Å². The Hall–Kier alpha value is -6.91. The van der Waals surface area contributed by atoms with Gasteiger partial charge in [-0.3, -0.25) is 0 Å². The van der Waals surface area contributed by atoms with E-state index in [-0.39, 0.29) is 5.41 Å². The average molecular weight is 691 g/mol. The molecule has 0 atom stereocenters. The number of benzene rings is 8. The van der Waals surface area contributed by atoms with E-state index in [1.54, 1.807) is 0 Å². The van der Waals surface area contributed by atoms with Gasteiger partial charge in [-0.15, -0.1) is 0 Å². The van der Waals surface area contributed by atoms with Crippen LogP contribution in [-0.2, 0) is 5.41 Å². The summed E-state index contributed by atoms with van der Waals surface area (Å²) in [5.74, 6) is 1.96. The van der Waals surface area contributed by atoms with Crippen molar-refractivity contribution in [2.24, 2.45) is 0 Å². The molecule has 11 rings (SSSR count). The van der Waals surface area contributed by atoms with Crippen molar-refractivity contribution >= 4 is 43.4 Å². The maximum absolute atomic E-state index is 5.00. The summed E-state index contributed by atoms with van der Waals surface area (Å²) in [4.78, 5) is 14.9. The van der Waals surface area contributed by atoms with E-state index < -0.39 is 0 Å². The van der Waals surface area contributed by atoms with E-state index in [2.05, 4.69) is 128 Å². The van der Waals surface area contributed by atoms with E-state index in [9.17, 15) is 0 Å². The summed E-state index contributed by atoms with van der Waals surface area (Å²) >= 11 is 0. The molecule has 0 aliphatic heterocycles. The number of aromatic nitrogens is 4. The second kappa shape index (κ2) is 11.5. The van der Waals surface area contributed by atoms with Crippen molar-refractivity contribution in [2.45, 2.75) is 19.3 Å². The molecule has 0 unspecified atom stereocenters. The number of nitrogens with zero attached hydrogens (tertiary/aromatic N) is 4. The lowest BCUT2D eigenvalue weighted by Crippen LogP contribution is -2.17. The standard InChI is InChI=1S/C50H34N4/c1-50(2)44-39-23-12-10-20-36(39)35-19-9-11-22-38(35)43(44)41-30-29-40-37-21-13-14-24-42(37)54(46(40)45(41)50)34-27-25-33(26-28-34)49-52-47(31-15-5-3-6-16-31)51-48(53-49)32-17-7-4-8-18-32/h3-30H,1-2H3. The minimum atomic E-state index is -0.258. The van der Waals surface area contributed by atoms with Gasteiger partial charge in [-0.2, -0.15) is 0 Å². The summed E-state index contributed by atoms with van der Waals surface area (Å²) in [6, 6.07) is 60.4. The number of fused-ring (bicyclic) bond motifs is 12. The normalized spacial score (nSPS) is 13.1. The lowest BCUT2D eigenvalue weighted by molar-refractivity contribution is 0.670. The Bertz CT molecular complexity index is 3050. The highest BCUT2D eigenvalue weighted by molar-refractivity contribution is 6.21. The molecular weight excluding hydrogens is 657 g/mol. The molecule has 8 aromatic carbocycles. The Morgan fingerprint density at radius 3 is 1.48 bits per heavy atom. The Balaban J connectivity index is 1.14. The van der Waals surface area contributed by atoms with E-state index in [0.717, 1.165) is 22.4 Å². The molecule has 4 heteroatoms. The molecule has 4 nitrogen and oxygen atoms in total. The van der Waals surface area contributed by atoms with Crippen LogP contribution in [-0.4, -0.2) is 19.5 Å². The Morgan fingerprint density at radius 1 is 0.389 bits per heavy atom. The summed E-state index contributed by atoms with van der Waals surface area (Å²) in [6.45, 7) is 4.83. The van der Waals surface area contributed by atoms with Gasteiger partial charge >= 0.3 is 0 Å². The fourth-order valence-electron chi connectivity index (χ4n) is 9.06. The van der Waals surface area contributed by atoms with Crippen molar-refractivity contribution in [3.05, 3.63) is 181 Å². The summed E-state index contributed by atoms with van der Waals surface area (Å²) in [5.41, 5.74) is 11.6. The van der Waals surface area contributed by atoms with Gasteiger partial charge in [0.1, 0.15) is 0 Å². The highest BCUT2D eigenvalue weighted by atomic mass is 15.0. The summed E-state index contributed by atoms with van der Waals surface area (Å²) < 4.78 is 2.48. The highest BCUT2D eigenvalue weighted by Crippen LogP contribution is 2.57. The van der Waals surface area contributed by atoms with Gasteiger partial charge in [0.25, 0.3) is 0 Å². The number of hydrogen-bond donors (Lipinski definition) is 0. The van der Waals surface area contributed by atoms with Crippen molar-refractivity contribution < 1.29 is 0 Å². The molecule has 54 heavy (non-hydrogen) atoms. The molecule has 0 spiro atoms. The molecule has 254 valence electrons. The van der Waals surface area contributed by atoms with Crippen LogP contribution in [0.2, 0.25) is 0 Å². The predicted molar refractivity (Wildman–Crippen MR) is 223 cm³/mol. The van der Waals surface area contributed by atoms with Gasteiger partial charge in [-0.25, -0.2) is 15.0 Å². The first-order chi connectivity index (χ1) is 26.6. The van der Waals surface area contributed by atoms with Gasteiger partial charge in [0.05, 0.1) is 11.0 Å². The van der Waals surface area contributed by atoms with E-state index in [4.69, 9.17) is 15.0 Å². The zero-order valence-corrected chi connectivity index (χ0v) is 30.0. The maximum atomic E-state index is 5.00. The van der Waals surface area contributed by atoms with E-state index in [1.807, 2.05) is 60.7 Å². The van der Waals surface area contributed by atoms with Crippen molar-refractivity contribution in [2.75, 3.05) is 0 Å². The first kappa shape index (κ1) is 30.7. The SMILES string of the molecule is CC1(C)c2c(c3ccccc3c3ccccc23)-c2ccc3c4ccccc4n(-c4ccc(-c5nc(-c6ccccc6)nc(-c6ccccc6)n5)cc4)c3c21. The van der Waals surface area contributed by atoms with Gasteiger partial charge < -0.3 is 4.57 Å². The van der Waals surface area contributed by atoms with Crippen LogP contribution < -0.4 is 0 Å². The van der Waals surface area contributed by atoms with Crippen LogP contribution in [0.4, 0.5) is 0 Å². The van der Waals surface area contributed by atoms with Gasteiger partial charge in [-0.05, 0) is 74.1 Å². The zero-order chi connectivity index (χ0) is 36.0. The molecule has 1 aliphatic rings. The molecule has 0 saturated heterocycles. The van der Waals surface area contributed by atoms with Crippen LogP contribution in [0.5, 0.6) is 0 Å². The van der Waals surface area contributed by atoms with Crippen LogP contribution >= 0.6 is 0 Å². The predicted octanol–water partition coefficient (Wildman–Crippen LogP) is 12.6. The van der Waals surface area contributed by atoms with Crippen molar-refractivity contribution in [1.29, 1.82) is 0 Å². The largest absolute Gasteiger partial charge is 0.309 e. The highest BCUT2D eigenvalue weighted by Gasteiger charge is 2.41. The van der Waals surface area contributed by atoms with Gasteiger partial charge in [0.15, 0.2) is 17.5 Å². The first-order valence-corrected chi connectivity index (χ1v) is 18.5. The van der Waals surface area contributed by atoms with Gasteiger partial charge in [0.2, 0.25) is 0 Å². The average Bonchev–Trinajstić information content (AvgIpc) is 3.70. The summed E-state index contributed by atoms with van der Waals surface area (Å²) in [7, 11) is 0. The lowest BCUT2D eigenvalue weighted by atomic mass is 9.78. The zero-order valence-electron chi connectivity index (χ0n) is 30.0. The molecular formula is C50H34N4. The molecule has 0 amide bonds. The molecule has 0 N–H and O–H groups in total. The van der Waals surface area contributed by atoms with Crippen molar-refractivity contribution in [1.82, 2.24) is 19.5 Å². The van der Waals surface area contributed by atoms with Crippen LogP contribution in [0.1, 0.15) is 25.0 Å². The summed E-state index contributed by atoms with van der Waals surface area (Å²) in [6.07, 6.45) is 0. The minimum absolute atomic E-state index is 0.258. The Labute approximate surface area is 313 Å². The molecule has 0 fully saturated rings. The molecule has 0 bridgehead atoms. The van der Waals surface area contributed by atoms with Gasteiger partial charge in [-0.1, -0.05) is 153 Å². The molecule has 2 aromatic heterocycles. The van der Waals surface area contributed by atoms with E-state index >= 15 is 0 Å². The van der Waals surface area contributed by atoms with Gasteiger partial charge in [0, 0.05) is 38.6 Å². The molecule has 0 saturated carbocycles. The third-order valence-corrected chi connectivity index (χ3v) is 11.4. The van der Waals surface area contributed by atoms with Crippen molar-refractivity contribution in [3.8, 4) is 51.0 Å². The van der Waals surface area contributed by atoms with Crippen LogP contribution in [0.25, 0.3) is 94.3 Å². The second-order valence-electron chi connectivity index (χ2n) is 14.8. The third-order valence-electron chi connectivity index (χ3n) is 11.4. The molecule has 10 aromatic rings. The topological polar surface area (TPSA) is 43.6 Å². The Kier molecular flexibility index (Phi) is 6.56. The molecule has 0 radical (unpaired) electrons. The Morgan fingerprint density at radius 2 is 0.870 bits per heavy atom. The smallest absolute Gasteiger partial charge is 0.164 e. The number of hydrogen-bond acceptors (Lipinski definition) is 3. The van der Waals surface area contributed by atoms with Crippen LogP contribution in [0, 0.1) is 0 Å². The quantitative estimate of drug-likeness (QED) is 0.173. The summed E-state index contributed by atoms with van der Waals surface area (Å²) in [5, 5.41) is 7.76. The first-order valence-electron chi connectivity index (χ1n) is 18.5. The lowest BCUT2D eigenvalue weighted by Gasteiger charge is -2.25. The molecule has 1 aliphatic carbocycles. The van der Waals surface area contributed by atoms with E-state index in [1.165, 1.54) is 65.6 Å².